The van der Waals surface area contributed by atoms with Gasteiger partial charge in [-0.15, -0.1) is 0 Å². The van der Waals surface area contributed by atoms with Crippen LogP contribution in [0.4, 0.5) is 15.8 Å². The van der Waals surface area contributed by atoms with Crippen molar-refractivity contribution in [2.45, 2.75) is 25.3 Å². The number of hydrogen-bond donors (Lipinski definition) is 2. The van der Waals surface area contributed by atoms with E-state index in [4.69, 9.17) is 11.0 Å². The summed E-state index contributed by atoms with van der Waals surface area (Å²) in [7, 11) is 0. The molecule has 1 atom stereocenters. The monoisotopic (exact) mass is 281 g/mol. The fourth-order valence-corrected chi connectivity index (χ4v) is 2.92. The molecule has 0 saturated carbocycles. The topological polar surface area (TPSA) is 61.8 Å². The van der Waals surface area contributed by atoms with Crippen LogP contribution in [0.1, 0.15) is 35.6 Å². The lowest BCUT2D eigenvalue weighted by atomic mass is 9.87. The van der Waals surface area contributed by atoms with E-state index in [-0.39, 0.29) is 6.04 Å². The number of nitrogens with two attached hydrogens (primary N) is 1. The number of nitrogens with zero attached hydrogens (tertiary/aromatic N) is 1. The van der Waals surface area contributed by atoms with Gasteiger partial charge in [0.25, 0.3) is 0 Å². The minimum absolute atomic E-state index is 0.127. The number of halogens is 1. The zero-order valence-corrected chi connectivity index (χ0v) is 11.6. The van der Waals surface area contributed by atoms with E-state index in [0.29, 0.717) is 11.3 Å². The second-order valence-corrected chi connectivity index (χ2v) is 5.39. The summed E-state index contributed by atoms with van der Waals surface area (Å²) in [5, 5.41) is 12.3. The van der Waals surface area contributed by atoms with E-state index in [1.54, 1.807) is 6.07 Å². The van der Waals surface area contributed by atoms with Crippen LogP contribution in [0.5, 0.6) is 0 Å². The molecule has 0 aliphatic heterocycles. The van der Waals surface area contributed by atoms with Gasteiger partial charge in [-0.3, -0.25) is 0 Å². The third kappa shape index (κ3) is 2.82. The highest BCUT2D eigenvalue weighted by Crippen LogP contribution is 2.33. The maximum atomic E-state index is 13.5. The van der Waals surface area contributed by atoms with Crippen LogP contribution in [0.2, 0.25) is 0 Å². The smallest absolute Gasteiger partial charge is 0.126 e. The van der Waals surface area contributed by atoms with Crippen molar-refractivity contribution in [3.63, 3.8) is 0 Å². The summed E-state index contributed by atoms with van der Waals surface area (Å²) < 4.78 is 13.5. The van der Waals surface area contributed by atoms with Crippen LogP contribution < -0.4 is 11.1 Å². The Labute approximate surface area is 123 Å². The first kappa shape index (κ1) is 13.4. The molecular weight excluding hydrogens is 265 g/mol. The van der Waals surface area contributed by atoms with Gasteiger partial charge < -0.3 is 11.1 Å². The Kier molecular flexibility index (Phi) is 3.49. The summed E-state index contributed by atoms with van der Waals surface area (Å²) in [4.78, 5) is 0. The summed E-state index contributed by atoms with van der Waals surface area (Å²) >= 11 is 0. The molecule has 0 bridgehead atoms. The zero-order valence-electron chi connectivity index (χ0n) is 11.6. The summed E-state index contributed by atoms with van der Waals surface area (Å²) in [6.45, 7) is 0. The molecule has 0 heterocycles. The maximum absolute atomic E-state index is 13.5. The van der Waals surface area contributed by atoms with Gasteiger partial charge in [0, 0.05) is 11.4 Å². The van der Waals surface area contributed by atoms with E-state index in [1.807, 2.05) is 24.3 Å². The molecule has 21 heavy (non-hydrogen) atoms. The van der Waals surface area contributed by atoms with Crippen molar-refractivity contribution < 1.29 is 4.39 Å². The van der Waals surface area contributed by atoms with Gasteiger partial charge in [-0.05, 0) is 60.7 Å². The van der Waals surface area contributed by atoms with Crippen molar-refractivity contribution in [1.29, 1.82) is 5.26 Å². The fraction of sp³-hybridized carbons (Fsp3) is 0.235. The van der Waals surface area contributed by atoms with Gasteiger partial charge in [0.2, 0.25) is 0 Å². The Morgan fingerprint density at radius 2 is 2.10 bits per heavy atom. The molecule has 3 N–H and O–H groups in total. The van der Waals surface area contributed by atoms with E-state index < -0.39 is 5.82 Å². The maximum Gasteiger partial charge on any atom is 0.126 e. The van der Waals surface area contributed by atoms with Gasteiger partial charge >= 0.3 is 0 Å². The SMILES string of the molecule is N#Cc1cc(F)cc(NC2CCCc3cc(N)ccc32)c1. The van der Waals surface area contributed by atoms with E-state index >= 15 is 0 Å². The van der Waals surface area contributed by atoms with Crippen LogP contribution in [0, 0.1) is 17.1 Å². The quantitative estimate of drug-likeness (QED) is 0.824. The Morgan fingerprint density at radius 3 is 2.90 bits per heavy atom. The molecule has 3 nitrogen and oxygen atoms in total. The summed E-state index contributed by atoms with van der Waals surface area (Å²) in [5.74, 6) is -0.398. The molecule has 0 amide bonds. The van der Waals surface area contributed by atoms with Crippen molar-refractivity contribution in [1.82, 2.24) is 0 Å². The normalized spacial score (nSPS) is 16.9. The molecule has 0 radical (unpaired) electrons. The second-order valence-electron chi connectivity index (χ2n) is 5.39. The van der Waals surface area contributed by atoms with Gasteiger partial charge in [0.15, 0.2) is 0 Å². The summed E-state index contributed by atoms with van der Waals surface area (Å²) in [5.41, 5.74) is 10.0. The summed E-state index contributed by atoms with van der Waals surface area (Å²) in [6, 6.07) is 12.4. The van der Waals surface area contributed by atoms with Crippen LogP contribution in [-0.4, -0.2) is 0 Å². The molecule has 106 valence electrons. The highest BCUT2D eigenvalue weighted by Gasteiger charge is 2.20. The van der Waals surface area contributed by atoms with Crippen LogP contribution in [-0.2, 0) is 6.42 Å². The Hall–Kier alpha value is -2.54. The van der Waals surface area contributed by atoms with Crippen molar-refractivity contribution in [2.75, 3.05) is 11.1 Å². The fourth-order valence-electron chi connectivity index (χ4n) is 2.92. The lowest BCUT2D eigenvalue weighted by Crippen LogP contribution is -2.17. The van der Waals surface area contributed by atoms with Gasteiger partial charge in [-0.2, -0.15) is 5.26 Å². The third-order valence-electron chi connectivity index (χ3n) is 3.85. The standard InChI is InChI=1S/C17H16FN3/c18-13-6-11(10-19)7-15(9-13)21-17-3-1-2-12-8-14(20)4-5-16(12)17/h4-9,17,21H,1-3,20H2. The average molecular weight is 281 g/mol. The Bertz CT molecular complexity index is 718. The number of aryl methyl sites for hydroxylation is 1. The minimum Gasteiger partial charge on any atom is -0.399 e. The van der Waals surface area contributed by atoms with Crippen molar-refractivity contribution in [3.8, 4) is 6.07 Å². The van der Waals surface area contributed by atoms with E-state index in [1.165, 1.54) is 23.3 Å². The number of nitriles is 1. The van der Waals surface area contributed by atoms with Crippen LogP contribution in [0.25, 0.3) is 0 Å². The molecule has 1 aliphatic rings. The van der Waals surface area contributed by atoms with Crippen LogP contribution in [0.15, 0.2) is 36.4 Å². The van der Waals surface area contributed by atoms with Gasteiger partial charge in [0.05, 0.1) is 17.7 Å². The first-order valence-electron chi connectivity index (χ1n) is 7.01. The molecule has 4 heteroatoms. The molecule has 0 saturated heterocycles. The van der Waals surface area contributed by atoms with E-state index in [9.17, 15) is 4.39 Å². The first-order chi connectivity index (χ1) is 10.2. The average Bonchev–Trinajstić information content (AvgIpc) is 2.46. The highest BCUT2D eigenvalue weighted by atomic mass is 19.1. The number of benzene rings is 2. The molecule has 2 aromatic rings. The van der Waals surface area contributed by atoms with Crippen LogP contribution >= 0.6 is 0 Å². The number of rotatable bonds is 2. The van der Waals surface area contributed by atoms with Gasteiger partial charge in [-0.1, -0.05) is 6.07 Å². The first-order valence-corrected chi connectivity index (χ1v) is 7.01. The summed E-state index contributed by atoms with van der Waals surface area (Å²) in [6.07, 6.45) is 3.06. The van der Waals surface area contributed by atoms with E-state index in [2.05, 4.69) is 5.32 Å². The molecule has 0 fully saturated rings. The lowest BCUT2D eigenvalue weighted by Gasteiger charge is -2.27. The zero-order chi connectivity index (χ0) is 14.8. The predicted octanol–water partition coefficient (Wildman–Crippen LogP) is 3.77. The number of nitrogen functional groups attached to an aromatic ring is 1. The Morgan fingerprint density at radius 1 is 1.24 bits per heavy atom. The molecule has 0 aromatic heterocycles. The van der Waals surface area contributed by atoms with Gasteiger partial charge in [-0.25, -0.2) is 4.39 Å². The minimum atomic E-state index is -0.398. The molecule has 3 rings (SSSR count). The third-order valence-corrected chi connectivity index (χ3v) is 3.85. The largest absolute Gasteiger partial charge is 0.399 e. The van der Waals surface area contributed by atoms with E-state index in [0.717, 1.165) is 24.9 Å². The number of anilines is 2. The van der Waals surface area contributed by atoms with Crippen LogP contribution in [0.3, 0.4) is 0 Å². The number of fused-ring (bicyclic) bond motifs is 1. The van der Waals surface area contributed by atoms with Crippen molar-refractivity contribution >= 4 is 11.4 Å². The van der Waals surface area contributed by atoms with Crippen molar-refractivity contribution in [3.05, 3.63) is 58.9 Å². The molecule has 2 aromatic carbocycles. The lowest BCUT2D eigenvalue weighted by molar-refractivity contribution is 0.598. The molecule has 0 spiro atoms. The second kappa shape index (κ2) is 5.45. The predicted molar refractivity (Wildman–Crippen MR) is 81.3 cm³/mol. The van der Waals surface area contributed by atoms with Gasteiger partial charge in [0.1, 0.15) is 5.82 Å². The molecular formula is C17H16FN3. The molecule has 1 aliphatic carbocycles. The number of nitrogens with one attached hydrogen (secondary N) is 1. The molecule has 1 unspecified atom stereocenters. The highest BCUT2D eigenvalue weighted by molar-refractivity contribution is 5.53. The van der Waals surface area contributed by atoms with Crippen molar-refractivity contribution in [2.24, 2.45) is 0 Å². The Balaban J connectivity index is 1.90. The number of hydrogen-bond acceptors (Lipinski definition) is 3.